The van der Waals surface area contributed by atoms with Gasteiger partial charge in [0.1, 0.15) is 0 Å². The van der Waals surface area contributed by atoms with E-state index in [4.69, 9.17) is 15.2 Å². The molecule has 0 aromatic rings. The standard InChI is InChI=1S/C12H24N2O2/c1-12(9-16-7-11(12)13)8-14-5-3-10(15-2)4-6-14/h10-11H,3-9,13H2,1-2H3. The summed E-state index contributed by atoms with van der Waals surface area (Å²) in [5.74, 6) is 0. The third-order valence-electron chi connectivity index (χ3n) is 4.08. The average Bonchev–Trinajstić information content (AvgIpc) is 2.60. The Morgan fingerprint density at radius 3 is 2.62 bits per heavy atom. The minimum absolute atomic E-state index is 0.139. The van der Waals surface area contributed by atoms with Crippen molar-refractivity contribution in [2.45, 2.75) is 31.9 Å². The Bertz CT molecular complexity index is 229. The van der Waals surface area contributed by atoms with E-state index < -0.39 is 0 Å². The first-order valence-electron chi connectivity index (χ1n) is 6.22. The van der Waals surface area contributed by atoms with Gasteiger partial charge in [0.2, 0.25) is 0 Å². The van der Waals surface area contributed by atoms with Crippen LogP contribution in [0, 0.1) is 5.41 Å². The highest BCUT2D eigenvalue weighted by Crippen LogP contribution is 2.29. The molecule has 0 aromatic heterocycles. The Labute approximate surface area is 98.1 Å². The maximum absolute atomic E-state index is 6.11. The topological polar surface area (TPSA) is 47.7 Å². The van der Waals surface area contributed by atoms with Crippen LogP contribution in [0.2, 0.25) is 0 Å². The molecule has 4 nitrogen and oxygen atoms in total. The number of nitrogens with zero attached hydrogens (tertiary/aromatic N) is 1. The van der Waals surface area contributed by atoms with Crippen molar-refractivity contribution in [2.24, 2.45) is 11.1 Å². The van der Waals surface area contributed by atoms with E-state index in [1.54, 1.807) is 0 Å². The summed E-state index contributed by atoms with van der Waals surface area (Å²) in [6.45, 7) is 7.07. The Balaban J connectivity index is 1.82. The number of hydrogen-bond donors (Lipinski definition) is 1. The molecular weight excluding hydrogens is 204 g/mol. The minimum atomic E-state index is 0.139. The van der Waals surface area contributed by atoms with E-state index in [1.807, 2.05) is 7.11 Å². The molecule has 0 amide bonds. The highest BCUT2D eigenvalue weighted by Gasteiger charge is 2.39. The summed E-state index contributed by atoms with van der Waals surface area (Å²) in [6.07, 6.45) is 2.74. The zero-order valence-corrected chi connectivity index (χ0v) is 10.4. The normalized spacial score (nSPS) is 38.1. The molecule has 2 atom stereocenters. The maximum atomic E-state index is 6.11. The first-order valence-corrected chi connectivity index (χ1v) is 6.22. The van der Waals surface area contributed by atoms with Crippen LogP contribution in [-0.4, -0.2) is 57.0 Å². The largest absolute Gasteiger partial charge is 0.381 e. The van der Waals surface area contributed by atoms with Gasteiger partial charge >= 0.3 is 0 Å². The van der Waals surface area contributed by atoms with Gasteiger partial charge in [-0.2, -0.15) is 0 Å². The lowest BCUT2D eigenvalue weighted by Crippen LogP contribution is -2.49. The Morgan fingerprint density at radius 1 is 1.44 bits per heavy atom. The second kappa shape index (κ2) is 5.00. The number of nitrogens with two attached hydrogens (primary N) is 1. The van der Waals surface area contributed by atoms with Gasteiger partial charge in [-0.25, -0.2) is 0 Å². The Morgan fingerprint density at radius 2 is 2.12 bits per heavy atom. The molecule has 2 aliphatic rings. The van der Waals surface area contributed by atoms with Gasteiger partial charge in [-0.1, -0.05) is 6.92 Å². The lowest BCUT2D eigenvalue weighted by atomic mass is 9.84. The summed E-state index contributed by atoms with van der Waals surface area (Å²) in [4.78, 5) is 2.50. The van der Waals surface area contributed by atoms with E-state index in [1.165, 1.54) is 0 Å². The van der Waals surface area contributed by atoms with Crippen molar-refractivity contribution < 1.29 is 9.47 Å². The average molecular weight is 228 g/mol. The molecule has 0 radical (unpaired) electrons. The van der Waals surface area contributed by atoms with E-state index in [0.717, 1.165) is 39.1 Å². The van der Waals surface area contributed by atoms with Gasteiger partial charge in [-0.3, -0.25) is 0 Å². The molecule has 2 aliphatic heterocycles. The monoisotopic (exact) mass is 228 g/mol. The second-order valence-electron chi connectivity index (χ2n) is 5.49. The van der Waals surface area contributed by atoms with Crippen LogP contribution in [0.25, 0.3) is 0 Å². The number of ether oxygens (including phenoxy) is 2. The lowest BCUT2D eigenvalue weighted by Gasteiger charge is -2.37. The molecule has 0 spiro atoms. The maximum Gasteiger partial charge on any atom is 0.0624 e. The molecule has 0 aromatic carbocycles. The van der Waals surface area contributed by atoms with Crippen LogP contribution in [-0.2, 0) is 9.47 Å². The van der Waals surface area contributed by atoms with Crippen LogP contribution in [0.5, 0.6) is 0 Å². The fraction of sp³-hybridized carbons (Fsp3) is 1.00. The van der Waals surface area contributed by atoms with Gasteiger partial charge in [-0.15, -0.1) is 0 Å². The molecule has 2 heterocycles. The lowest BCUT2D eigenvalue weighted by molar-refractivity contribution is 0.0250. The quantitative estimate of drug-likeness (QED) is 0.762. The van der Waals surface area contributed by atoms with Crippen LogP contribution in [0.15, 0.2) is 0 Å². The summed E-state index contributed by atoms with van der Waals surface area (Å²) in [5.41, 5.74) is 6.25. The van der Waals surface area contributed by atoms with Crippen molar-refractivity contribution in [3.63, 3.8) is 0 Å². The Kier molecular flexibility index (Phi) is 3.85. The van der Waals surface area contributed by atoms with Crippen molar-refractivity contribution in [3.05, 3.63) is 0 Å². The van der Waals surface area contributed by atoms with E-state index in [9.17, 15) is 0 Å². The summed E-state index contributed by atoms with van der Waals surface area (Å²) >= 11 is 0. The SMILES string of the molecule is COC1CCN(CC2(C)COCC2N)CC1. The molecule has 2 unspecified atom stereocenters. The van der Waals surface area contributed by atoms with Crippen LogP contribution in [0.3, 0.4) is 0 Å². The summed E-state index contributed by atoms with van der Waals surface area (Å²) in [6, 6.07) is 0.188. The molecule has 2 rings (SSSR count). The van der Waals surface area contributed by atoms with Crippen molar-refractivity contribution in [3.8, 4) is 0 Å². The first kappa shape index (κ1) is 12.3. The van der Waals surface area contributed by atoms with Gasteiger partial charge in [0, 0.05) is 38.2 Å². The smallest absolute Gasteiger partial charge is 0.0624 e. The summed E-state index contributed by atoms with van der Waals surface area (Å²) in [7, 11) is 1.81. The molecule has 0 bridgehead atoms. The van der Waals surface area contributed by atoms with Crippen molar-refractivity contribution in [2.75, 3.05) is 40.0 Å². The molecule has 0 aliphatic carbocycles. The number of piperidine rings is 1. The number of rotatable bonds is 3. The highest BCUT2D eigenvalue weighted by molar-refractivity contribution is 4.93. The molecule has 2 fully saturated rings. The molecule has 16 heavy (non-hydrogen) atoms. The summed E-state index contributed by atoms with van der Waals surface area (Å²) in [5, 5.41) is 0. The predicted molar refractivity (Wildman–Crippen MR) is 63.4 cm³/mol. The van der Waals surface area contributed by atoms with Crippen molar-refractivity contribution in [1.82, 2.24) is 4.90 Å². The minimum Gasteiger partial charge on any atom is -0.381 e. The number of likely N-dealkylation sites (tertiary alicyclic amines) is 1. The molecule has 94 valence electrons. The van der Waals surface area contributed by atoms with Crippen LogP contribution < -0.4 is 5.73 Å². The van der Waals surface area contributed by atoms with Gasteiger partial charge in [0.05, 0.1) is 19.3 Å². The number of hydrogen-bond acceptors (Lipinski definition) is 4. The van der Waals surface area contributed by atoms with E-state index in [0.29, 0.717) is 12.7 Å². The zero-order valence-electron chi connectivity index (χ0n) is 10.4. The first-order chi connectivity index (χ1) is 7.64. The van der Waals surface area contributed by atoms with Gasteiger partial charge < -0.3 is 20.1 Å². The third-order valence-corrected chi connectivity index (χ3v) is 4.08. The zero-order chi connectivity index (χ0) is 11.6. The van der Waals surface area contributed by atoms with Gasteiger partial charge in [0.25, 0.3) is 0 Å². The molecule has 2 saturated heterocycles. The Hall–Kier alpha value is -0.160. The summed E-state index contributed by atoms with van der Waals surface area (Å²) < 4.78 is 10.9. The van der Waals surface area contributed by atoms with E-state index in [-0.39, 0.29) is 11.5 Å². The third kappa shape index (κ3) is 2.56. The van der Waals surface area contributed by atoms with Gasteiger partial charge in [-0.05, 0) is 12.8 Å². The van der Waals surface area contributed by atoms with Crippen LogP contribution >= 0.6 is 0 Å². The highest BCUT2D eigenvalue weighted by atomic mass is 16.5. The number of methoxy groups -OCH3 is 1. The van der Waals surface area contributed by atoms with E-state index in [2.05, 4.69) is 11.8 Å². The fourth-order valence-electron chi connectivity index (χ4n) is 2.70. The fourth-order valence-corrected chi connectivity index (χ4v) is 2.70. The molecule has 0 saturated carbocycles. The molecule has 4 heteroatoms. The van der Waals surface area contributed by atoms with Gasteiger partial charge in [0.15, 0.2) is 0 Å². The van der Waals surface area contributed by atoms with Crippen molar-refractivity contribution in [1.29, 1.82) is 0 Å². The second-order valence-corrected chi connectivity index (χ2v) is 5.49. The molecular formula is C12H24N2O2. The van der Waals surface area contributed by atoms with Crippen LogP contribution in [0.4, 0.5) is 0 Å². The molecule has 2 N–H and O–H groups in total. The van der Waals surface area contributed by atoms with E-state index >= 15 is 0 Å². The predicted octanol–water partition coefficient (Wildman–Crippen LogP) is 0.461. The van der Waals surface area contributed by atoms with Crippen LogP contribution in [0.1, 0.15) is 19.8 Å². The van der Waals surface area contributed by atoms with Crippen molar-refractivity contribution >= 4 is 0 Å².